The Labute approximate surface area is 103 Å². The Morgan fingerprint density at radius 1 is 1.28 bits per heavy atom. The number of fused-ring (bicyclic) bond motifs is 1. The molecular formula is C11H10O6S. The SMILES string of the molecule is Cc1cc(=O)oc2cc(OS(C)(=O)=O)cc(O)c12. The summed E-state index contributed by atoms with van der Waals surface area (Å²) >= 11 is 0. The van der Waals surface area contributed by atoms with Crippen LogP contribution in [0.15, 0.2) is 27.4 Å². The molecule has 0 saturated heterocycles. The lowest BCUT2D eigenvalue weighted by Crippen LogP contribution is -2.06. The lowest BCUT2D eigenvalue weighted by Gasteiger charge is -2.07. The molecule has 0 aliphatic rings. The normalized spacial score (nSPS) is 11.7. The second-order valence-electron chi connectivity index (χ2n) is 3.85. The van der Waals surface area contributed by atoms with E-state index in [-0.39, 0.29) is 17.1 Å². The molecule has 6 nitrogen and oxygen atoms in total. The lowest BCUT2D eigenvalue weighted by molar-refractivity contribution is 0.467. The van der Waals surface area contributed by atoms with Crippen LogP contribution in [0.1, 0.15) is 5.56 Å². The average Bonchev–Trinajstić information content (AvgIpc) is 2.11. The van der Waals surface area contributed by atoms with E-state index in [1.54, 1.807) is 6.92 Å². The molecule has 0 amide bonds. The zero-order valence-corrected chi connectivity index (χ0v) is 10.4. The standard InChI is InChI=1S/C11H10O6S/c1-6-3-10(13)16-9-5-7(17-18(2,14)15)4-8(12)11(6)9/h3-5,12H,1-2H3. The number of hydrogen-bond acceptors (Lipinski definition) is 6. The minimum atomic E-state index is -3.71. The van der Waals surface area contributed by atoms with E-state index >= 15 is 0 Å². The Morgan fingerprint density at radius 3 is 2.56 bits per heavy atom. The Kier molecular flexibility index (Phi) is 2.78. The molecule has 0 unspecified atom stereocenters. The molecule has 0 aliphatic carbocycles. The predicted molar refractivity (Wildman–Crippen MR) is 64.4 cm³/mol. The number of aromatic hydroxyl groups is 1. The second kappa shape index (κ2) is 4.02. The zero-order chi connectivity index (χ0) is 13.5. The van der Waals surface area contributed by atoms with Gasteiger partial charge in [0.25, 0.3) is 0 Å². The third kappa shape index (κ3) is 2.45. The fraction of sp³-hybridized carbons (Fsp3) is 0.182. The molecular weight excluding hydrogens is 260 g/mol. The summed E-state index contributed by atoms with van der Waals surface area (Å²) in [7, 11) is -3.71. The van der Waals surface area contributed by atoms with Crippen molar-refractivity contribution in [2.45, 2.75) is 6.92 Å². The van der Waals surface area contributed by atoms with Crippen LogP contribution in [-0.4, -0.2) is 19.8 Å². The van der Waals surface area contributed by atoms with Gasteiger partial charge in [-0.15, -0.1) is 0 Å². The number of rotatable bonds is 2. The van der Waals surface area contributed by atoms with Crippen LogP contribution in [-0.2, 0) is 10.1 Å². The van der Waals surface area contributed by atoms with Gasteiger partial charge in [0.15, 0.2) is 0 Å². The summed E-state index contributed by atoms with van der Waals surface area (Å²) in [5.41, 5.74) is 0.0132. The first kappa shape index (κ1) is 12.4. The van der Waals surface area contributed by atoms with Crippen LogP contribution in [0.2, 0.25) is 0 Å². The van der Waals surface area contributed by atoms with Crippen molar-refractivity contribution < 1.29 is 22.1 Å². The number of hydrogen-bond donors (Lipinski definition) is 1. The third-order valence-corrected chi connectivity index (χ3v) is 2.74. The van der Waals surface area contributed by atoms with Gasteiger partial charge in [0.05, 0.1) is 11.6 Å². The predicted octanol–water partition coefficient (Wildman–Crippen LogP) is 1.15. The van der Waals surface area contributed by atoms with E-state index in [0.717, 1.165) is 12.3 Å². The monoisotopic (exact) mass is 270 g/mol. The van der Waals surface area contributed by atoms with Crippen LogP contribution in [0.5, 0.6) is 11.5 Å². The Morgan fingerprint density at radius 2 is 1.94 bits per heavy atom. The minimum Gasteiger partial charge on any atom is -0.507 e. The Hall–Kier alpha value is -2.02. The molecule has 0 radical (unpaired) electrons. The molecule has 0 saturated carbocycles. The number of phenolic OH excluding ortho intramolecular Hbond substituents is 1. The van der Waals surface area contributed by atoms with E-state index in [1.807, 2.05) is 0 Å². The fourth-order valence-electron chi connectivity index (χ4n) is 1.66. The molecule has 2 aromatic rings. The van der Waals surface area contributed by atoms with Crippen LogP contribution >= 0.6 is 0 Å². The van der Waals surface area contributed by atoms with E-state index in [0.29, 0.717) is 10.9 Å². The van der Waals surface area contributed by atoms with E-state index in [2.05, 4.69) is 4.18 Å². The van der Waals surface area contributed by atoms with Crippen molar-refractivity contribution in [3.63, 3.8) is 0 Å². The van der Waals surface area contributed by atoms with Crippen molar-refractivity contribution in [1.82, 2.24) is 0 Å². The van der Waals surface area contributed by atoms with Gasteiger partial charge in [-0.25, -0.2) is 4.79 Å². The van der Waals surface area contributed by atoms with Gasteiger partial charge in [0.1, 0.15) is 17.1 Å². The maximum atomic E-state index is 11.2. The van der Waals surface area contributed by atoms with Gasteiger partial charge >= 0.3 is 15.7 Å². The van der Waals surface area contributed by atoms with Gasteiger partial charge < -0.3 is 13.7 Å². The zero-order valence-electron chi connectivity index (χ0n) is 9.63. The molecule has 18 heavy (non-hydrogen) atoms. The fourth-order valence-corrected chi connectivity index (χ4v) is 2.11. The topological polar surface area (TPSA) is 93.8 Å². The molecule has 0 fully saturated rings. The third-order valence-electron chi connectivity index (χ3n) is 2.24. The van der Waals surface area contributed by atoms with Crippen LogP contribution < -0.4 is 9.81 Å². The molecule has 0 spiro atoms. The van der Waals surface area contributed by atoms with Crippen molar-refractivity contribution in [3.8, 4) is 11.5 Å². The summed E-state index contributed by atoms with van der Waals surface area (Å²) in [6.07, 6.45) is 0.876. The lowest BCUT2D eigenvalue weighted by atomic mass is 10.1. The number of benzene rings is 1. The summed E-state index contributed by atoms with van der Waals surface area (Å²) in [5.74, 6) is -0.330. The van der Waals surface area contributed by atoms with Gasteiger partial charge in [0.2, 0.25) is 0 Å². The van der Waals surface area contributed by atoms with Crippen molar-refractivity contribution in [1.29, 1.82) is 0 Å². The average molecular weight is 270 g/mol. The summed E-state index contributed by atoms with van der Waals surface area (Å²) < 4.78 is 31.5. The maximum absolute atomic E-state index is 11.2. The molecule has 96 valence electrons. The molecule has 1 N–H and O–H groups in total. The highest BCUT2D eigenvalue weighted by molar-refractivity contribution is 7.86. The van der Waals surface area contributed by atoms with Gasteiger partial charge in [0, 0.05) is 18.2 Å². The highest BCUT2D eigenvalue weighted by Crippen LogP contribution is 2.32. The van der Waals surface area contributed by atoms with Gasteiger partial charge in [-0.05, 0) is 12.5 Å². The van der Waals surface area contributed by atoms with Gasteiger partial charge in [-0.2, -0.15) is 8.42 Å². The molecule has 0 aliphatic heterocycles. The Balaban J connectivity index is 2.73. The summed E-state index contributed by atoms with van der Waals surface area (Å²) in [5, 5.41) is 10.1. The molecule has 1 aromatic heterocycles. The van der Waals surface area contributed by atoms with E-state index < -0.39 is 15.7 Å². The first-order valence-corrected chi connectivity index (χ1v) is 6.75. The molecule has 1 heterocycles. The second-order valence-corrected chi connectivity index (χ2v) is 5.43. The smallest absolute Gasteiger partial charge is 0.336 e. The number of aryl methyl sites for hydroxylation is 1. The van der Waals surface area contributed by atoms with Crippen LogP contribution in [0, 0.1) is 6.92 Å². The molecule has 0 bridgehead atoms. The first-order chi connectivity index (χ1) is 8.26. The van der Waals surface area contributed by atoms with Crippen LogP contribution in [0.25, 0.3) is 11.0 Å². The largest absolute Gasteiger partial charge is 0.507 e. The summed E-state index contributed by atoms with van der Waals surface area (Å²) in [4.78, 5) is 11.2. The highest BCUT2D eigenvalue weighted by Gasteiger charge is 2.12. The molecule has 7 heteroatoms. The summed E-state index contributed by atoms with van der Waals surface area (Å²) in [6.45, 7) is 1.63. The van der Waals surface area contributed by atoms with Crippen molar-refractivity contribution >= 4 is 21.1 Å². The highest BCUT2D eigenvalue weighted by atomic mass is 32.2. The molecule has 2 rings (SSSR count). The summed E-state index contributed by atoms with van der Waals surface area (Å²) in [6, 6.07) is 3.63. The first-order valence-electron chi connectivity index (χ1n) is 4.93. The van der Waals surface area contributed by atoms with Crippen molar-refractivity contribution in [2.24, 2.45) is 0 Å². The van der Waals surface area contributed by atoms with Crippen molar-refractivity contribution in [3.05, 3.63) is 34.2 Å². The Bertz CT molecular complexity index is 772. The van der Waals surface area contributed by atoms with Crippen LogP contribution in [0.3, 0.4) is 0 Å². The van der Waals surface area contributed by atoms with Crippen LogP contribution in [0.4, 0.5) is 0 Å². The van der Waals surface area contributed by atoms with Crippen molar-refractivity contribution in [2.75, 3.05) is 6.26 Å². The maximum Gasteiger partial charge on any atom is 0.336 e. The van der Waals surface area contributed by atoms with Gasteiger partial charge in [-0.3, -0.25) is 0 Å². The quantitative estimate of drug-likeness (QED) is 0.649. The van der Waals surface area contributed by atoms with E-state index in [1.165, 1.54) is 12.1 Å². The number of phenols is 1. The molecule has 0 atom stereocenters. The van der Waals surface area contributed by atoms with Gasteiger partial charge in [-0.1, -0.05) is 0 Å². The molecule has 1 aromatic carbocycles. The minimum absolute atomic E-state index is 0.0682. The van der Waals surface area contributed by atoms with E-state index in [4.69, 9.17) is 4.42 Å². The van der Waals surface area contributed by atoms with E-state index in [9.17, 15) is 18.3 Å².